The van der Waals surface area contributed by atoms with Gasteiger partial charge in [0, 0.05) is 10.7 Å². The van der Waals surface area contributed by atoms with Crippen LogP contribution in [0.4, 0.5) is 4.79 Å². The number of ether oxygens (including phenoxy) is 1. The number of carbonyl (C=O) groups excluding carboxylic acids is 1. The predicted octanol–water partition coefficient (Wildman–Crippen LogP) is 1.93. The molecule has 5 heteroatoms. The molecule has 0 saturated carbocycles. The number of carbonyl (C=O) groups is 1. The highest BCUT2D eigenvalue weighted by Gasteiger charge is 2.24. The van der Waals surface area contributed by atoms with E-state index >= 15 is 0 Å². The fraction of sp³-hybridized carbons (Fsp3) is 0.444. The molecular formula is C9H13BrN2O2. The van der Waals surface area contributed by atoms with Crippen LogP contribution in [0, 0.1) is 0 Å². The minimum atomic E-state index is -0.435. The summed E-state index contributed by atoms with van der Waals surface area (Å²) < 4.78 is 5.67. The quantitative estimate of drug-likeness (QED) is 0.784. The summed E-state index contributed by atoms with van der Waals surface area (Å²) in [5.41, 5.74) is 6.72. The third-order valence-electron chi connectivity index (χ3n) is 1.87. The molecule has 1 rings (SSSR count). The van der Waals surface area contributed by atoms with Crippen molar-refractivity contribution in [2.45, 2.75) is 20.0 Å². The normalized spacial score (nSPS) is 21.4. The monoisotopic (exact) mass is 260 g/mol. The van der Waals surface area contributed by atoms with Crippen molar-refractivity contribution in [2.75, 3.05) is 6.61 Å². The van der Waals surface area contributed by atoms with E-state index in [9.17, 15) is 4.79 Å². The lowest BCUT2D eigenvalue weighted by Crippen LogP contribution is -2.44. The van der Waals surface area contributed by atoms with Gasteiger partial charge < -0.3 is 10.5 Å². The molecule has 0 aromatic rings. The van der Waals surface area contributed by atoms with Gasteiger partial charge in [-0.05, 0) is 41.4 Å². The van der Waals surface area contributed by atoms with Crippen molar-refractivity contribution in [1.82, 2.24) is 4.90 Å². The highest BCUT2D eigenvalue weighted by molar-refractivity contribution is 9.11. The lowest BCUT2D eigenvalue weighted by molar-refractivity contribution is 0.114. The molecule has 78 valence electrons. The highest BCUT2D eigenvalue weighted by Crippen LogP contribution is 2.21. The van der Waals surface area contributed by atoms with Crippen molar-refractivity contribution in [3.8, 4) is 0 Å². The number of rotatable bonds is 1. The molecule has 0 fully saturated rings. The summed E-state index contributed by atoms with van der Waals surface area (Å²) >= 11 is 3.30. The first-order chi connectivity index (χ1) is 6.56. The Morgan fingerprint density at radius 1 is 1.79 bits per heavy atom. The molecule has 1 aliphatic heterocycles. The Bertz CT molecular complexity index is 299. The second kappa shape index (κ2) is 4.61. The van der Waals surface area contributed by atoms with E-state index in [2.05, 4.69) is 15.9 Å². The van der Waals surface area contributed by atoms with Crippen LogP contribution < -0.4 is 5.73 Å². The van der Waals surface area contributed by atoms with Gasteiger partial charge in [0.15, 0.2) is 0 Å². The number of nitrogens with two attached hydrogens (primary N) is 1. The maximum atomic E-state index is 11.4. The number of amides is 1. The zero-order chi connectivity index (χ0) is 10.7. The number of nitrogens with zero attached hydrogens (tertiary/aromatic N) is 1. The molecule has 14 heavy (non-hydrogen) atoms. The van der Waals surface area contributed by atoms with Crippen LogP contribution in [0.3, 0.4) is 0 Å². The molecule has 0 bridgehead atoms. The van der Waals surface area contributed by atoms with E-state index in [0.717, 1.165) is 10.1 Å². The maximum Gasteiger partial charge on any atom is 0.415 e. The van der Waals surface area contributed by atoms with Crippen LogP contribution in [0.2, 0.25) is 0 Å². The first kappa shape index (κ1) is 11.3. The van der Waals surface area contributed by atoms with Crippen LogP contribution in [0.1, 0.15) is 13.8 Å². The SMILES string of the molecule is CCOC(=O)N1C=C(Br)C=C(C)C1N. The number of allylic oxidation sites excluding steroid dienone is 2. The third kappa shape index (κ3) is 2.36. The van der Waals surface area contributed by atoms with Crippen LogP contribution in [0.5, 0.6) is 0 Å². The predicted molar refractivity (Wildman–Crippen MR) is 57.6 cm³/mol. The minimum absolute atomic E-state index is 0.344. The molecule has 0 aromatic carbocycles. The lowest BCUT2D eigenvalue weighted by Gasteiger charge is -2.28. The first-order valence-corrected chi connectivity index (χ1v) is 5.11. The lowest BCUT2D eigenvalue weighted by atomic mass is 10.1. The fourth-order valence-corrected chi connectivity index (χ4v) is 1.72. The van der Waals surface area contributed by atoms with Gasteiger partial charge in [-0.3, -0.25) is 4.90 Å². The molecule has 4 nitrogen and oxygen atoms in total. The molecule has 0 aromatic heterocycles. The maximum absolute atomic E-state index is 11.4. The van der Waals surface area contributed by atoms with Crippen LogP contribution >= 0.6 is 15.9 Å². The molecule has 0 saturated heterocycles. The topological polar surface area (TPSA) is 55.6 Å². The second-order valence-corrected chi connectivity index (χ2v) is 3.87. The van der Waals surface area contributed by atoms with Gasteiger partial charge in [-0.1, -0.05) is 0 Å². The summed E-state index contributed by atoms with van der Waals surface area (Å²) in [7, 11) is 0. The highest BCUT2D eigenvalue weighted by atomic mass is 79.9. The molecule has 1 atom stereocenters. The van der Waals surface area contributed by atoms with E-state index in [4.69, 9.17) is 10.5 Å². The zero-order valence-corrected chi connectivity index (χ0v) is 9.74. The van der Waals surface area contributed by atoms with Crippen molar-refractivity contribution in [3.63, 3.8) is 0 Å². The number of halogens is 1. The summed E-state index contributed by atoms with van der Waals surface area (Å²) in [6.07, 6.45) is 2.63. The van der Waals surface area contributed by atoms with E-state index in [0.29, 0.717) is 6.61 Å². The van der Waals surface area contributed by atoms with Gasteiger partial charge >= 0.3 is 6.09 Å². The van der Waals surface area contributed by atoms with Gasteiger partial charge in [0.2, 0.25) is 0 Å². The summed E-state index contributed by atoms with van der Waals surface area (Å²) in [6, 6.07) is 0. The van der Waals surface area contributed by atoms with Crippen molar-refractivity contribution >= 4 is 22.0 Å². The molecular weight excluding hydrogens is 248 g/mol. The smallest absolute Gasteiger partial charge is 0.415 e. The van der Waals surface area contributed by atoms with Crippen molar-refractivity contribution in [2.24, 2.45) is 5.73 Å². The Morgan fingerprint density at radius 2 is 2.43 bits per heavy atom. The summed E-state index contributed by atoms with van der Waals surface area (Å²) in [4.78, 5) is 12.8. The van der Waals surface area contributed by atoms with Crippen molar-refractivity contribution < 1.29 is 9.53 Å². The van der Waals surface area contributed by atoms with Crippen molar-refractivity contribution in [1.29, 1.82) is 0 Å². The van der Waals surface area contributed by atoms with E-state index in [-0.39, 0.29) is 0 Å². The van der Waals surface area contributed by atoms with Crippen LogP contribution in [0.15, 0.2) is 22.3 Å². The van der Waals surface area contributed by atoms with Gasteiger partial charge in [0.1, 0.15) is 6.17 Å². The number of hydrogen-bond acceptors (Lipinski definition) is 3. The van der Waals surface area contributed by atoms with Gasteiger partial charge in [-0.15, -0.1) is 0 Å². The molecule has 1 amide bonds. The van der Waals surface area contributed by atoms with Gasteiger partial charge in [0.25, 0.3) is 0 Å². The Kier molecular flexibility index (Phi) is 3.71. The molecule has 1 aliphatic rings. The van der Waals surface area contributed by atoms with Crippen molar-refractivity contribution in [3.05, 3.63) is 22.3 Å². The average molecular weight is 261 g/mol. The van der Waals surface area contributed by atoms with Gasteiger partial charge in [-0.25, -0.2) is 4.79 Å². The Balaban J connectivity index is 2.80. The average Bonchev–Trinajstić information content (AvgIpc) is 2.11. The Labute approximate surface area is 91.5 Å². The van der Waals surface area contributed by atoms with Crippen LogP contribution in [-0.4, -0.2) is 23.8 Å². The van der Waals surface area contributed by atoms with E-state index in [1.165, 1.54) is 4.90 Å². The van der Waals surface area contributed by atoms with Gasteiger partial charge in [0.05, 0.1) is 6.61 Å². The largest absolute Gasteiger partial charge is 0.449 e. The molecule has 0 radical (unpaired) electrons. The van der Waals surface area contributed by atoms with Crippen LogP contribution in [-0.2, 0) is 4.74 Å². The molecule has 2 N–H and O–H groups in total. The summed E-state index contributed by atoms with van der Waals surface area (Å²) in [6.45, 7) is 3.97. The summed E-state index contributed by atoms with van der Waals surface area (Å²) in [5, 5.41) is 0. The summed E-state index contributed by atoms with van der Waals surface area (Å²) in [5.74, 6) is 0. The molecule has 0 aliphatic carbocycles. The minimum Gasteiger partial charge on any atom is -0.449 e. The Morgan fingerprint density at radius 3 is 3.00 bits per heavy atom. The number of hydrogen-bond donors (Lipinski definition) is 1. The standard InChI is InChI=1S/C9H13BrN2O2/c1-3-14-9(13)12-5-7(10)4-6(2)8(12)11/h4-5,8H,3,11H2,1-2H3. The fourth-order valence-electron chi connectivity index (χ4n) is 1.14. The second-order valence-electron chi connectivity index (χ2n) is 2.95. The Hall–Kier alpha value is -0.810. The van der Waals surface area contributed by atoms with Crippen LogP contribution in [0.25, 0.3) is 0 Å². The third-order valence-corrected chi connectivity index (χ3v) is 2.31. The van der Waals surface area contributed by atoms with E-state index < -0.39 is 12.3 Å². The zero-order valence-electron chi connectivity index (χ0n) is 8.16. The van der Waals surface area contributed by atoms with Gasteiger partial charge in [-0.2, -0.15) is 0 Å². The molecule has 1 heterocycles. The van der Waals surface area contributed by atoms with E-state index in [1.54, 1.807) is 13.1 Å². The molecule has 0 spiro atoms. The first-order valence-electron chi connectivity index (χ1n) is 4.32. The van der Waals surface area contributed by atoms with E-state index in [1.807, 2.05) is 13.0 Å². The molecule has 1 unspecified atom stereocenters.